The van der Waals surface area contributed by atoms with Gasteiger partial charge in [0.15, 0.2) is 11.0 Å². The first-order valence-electron chi connectivity index (χ1n) is 9.23. The minimum atomic E-state index is -0.123. The summed E-state index contributed by atoms with van der Waals surface area (Å²) in [7, 11) is 0. The Hall–Kier alpha value is -3.16. The van der Waals surface area contributed by atoms with E-state index in [0.29, 0.717) is 21.7 Å². The third-order valence-corrected chi connectivity index (χ3v) is 5.62. The summed E-state index contributed by atoms with van der Waals surface area (Å²) in [6.45, 7) is 1.95. The van der Waals surface area contributed by atoms with Crippen LogP contribution in [0.1, 0.15) is 5.56 Å². The fourth-order valence-corrected chi connectivity index (χ4v) is 3.87. The van der Waals surface area contributed by atoms with Gasteiger partial charge in [0.05, 0.1) is 16.5 Å². The van der Waals surface area contributed by atoms with Crippen LogP contribution >= 0.6 is 23.4 Å². The molecule has 2 heterocycles. The standard InChI is InChI=1S/C22H18ClN5OS/c1-15-8-2-4-10-17(15)25-20(29)14-30-22-27-26-21(18-11-6-7-13-24-18)28(22)19-12-5-3-9-16(19)23/h2-13H,14H2,1H3,(H,25,29). The lowest BCUT2D eigenvalue weighted by atomic mass is 10.2. The van der Waals surface area contributed by atoms with Gasteiger partial charge < -0.3 is 5.32 Å². The van der Waals surface area contributed by atoms with Crippen LogP contribution in [-0.4, -0.2) is 31.4 Å². The van der Waals surface area contributed by atoms with E-state index in [1.807, 2.05) is 72.2 Å². The van der Waals surface area contributed by atoms with Crippen LogP contribution < -0.4 is 5.32 Å². The highest BCUT2D eigenvalue weighted by Crippen LogP contribution is 2.30. The topological polar surface area (TPSA) is 72.7 Å². The summed E-state index contributed by atoms with van der Waals surface area (Å²) in [4.78, 5) is 16.9. The molecule has 0 saturated heterocycles. The second-order valence-corrected chi connectivity index (χ2v) is 7.81. The number of para-hydroxylation sites is 2. The summed E-state index contributed by atoms with van der Waals surface area (Å²) in [5, 5.41) is 12.7. The van der Waals surface area contributed by atoms with Gasteiger partial charge in [-0.2, -0.15) is 0 Å². The molecule has 0 fully saturated rings. The minimum absolute atomic E-state index is 0.123. The number of aryl methyl sites for hydroxylation is 1. The Morgan fingerprint density at radius 1 is 1.03 bits per heavy atom. The molecular weight excluding hydrogens is 418 g/mol. The first-order chi connectivity index (χ1) is 14.6. The van der Waals surface area contributed by atoms with Gasteiger partial charge in [0.25, 0.3) is 0 Å². The number of carbonyl (C=O) groups excluding carboxylic acids is 1. The van der Waals surface area contributed by atoms with Crippen molar-refractivity contribution in [1.29, 1.82) is 0 Å². The molecule has 0 spiro atoms. The molecule has 8 heteroatoms. The Balaban J connectivity index is 1.62. The molecule has 0 aliphatic heterocycles. The number of pyridine rings is 1. The van der Waals surface area contributed by atoms with Crippen molar-refractivity contribution >= 4 is 35.0 Å². The highest BCUT2D eigenvalue weighted by molar-refractivity contribution is 7.99. The largest absolute Gasteiger partial charge is 0.325 e. The number of benzene rings is 2. The maximum absolute atomic E-state index is 12.5. The SMILES string of the molecule is Cc1ccccc1NC(=O)CSc1nnc(-c2ccccn2)n1-c1ccccc1Cl. The summed E-state index contributed by atoms with van der Waals surface area (Å²) in [5.74, 6) is 0.618. The molecule has 0 saturated carbocycles. The van der Waals surface area contributed by atoms with Gasteiger partial charge in [0.2, 0.25) is 5.91 Å². The number of nitrogens with zero attached hydrogens (tertiary/aromatic N) is 4. The van der Waals surface area contributed by atoms with Crippen LogP contribution in [0.4, 0.5) is 5.69 Å². The lowest BCUT2D eigenvalue weighted by Crippen LogP contribution is -2.15. The van der Waals surface area contributed by atoms with Crippen molar-refractivity contribution in [3.05, 3.63) is 83.5 Å². The number of aromatic nitrogens is 4. The van der Waals surface area contributed by atoms with Gasteiger partial charge in [0.1, 0.15) is 5.69 Å². The van der Waals surface area contributed by atoms with Gasteiger partial charge >= 0.3 is 0 Å². The van der Waals surface area contributed by atoms with E-state index in [4.69, 9.17) is 11.6 Å². The highest BCUT2D eigenvalue weighted by Gasteiger charge is 2.19. The van der Waals surface area contributed by atoms with Crippen molar-refractivity contribution in [3.63, 3.8) is 0 Å². The summed E-state index contributed by atoms with van der Waals surface area (Å²) < 4.78 is 1.83. The number of thioether (sulfide) groups is 1. The number of hydrogen-bond acceptors (Lipinski definition) is 5. The van der Waals surface area contributed by atoms with E-state index in [2.05, 4.69) is 20.5 Å². The third kappa shape index (κ3) is 4.37. The molecule has 6 nitrogen and oxygen atoms in total. The normalized spacial score (nSPS) is 10.7. The van der Waals surface area contributed by atoms with E-state index in [0.717, 1.165) is 16.9 Å². The Morgan fingerprint density at radius 3 is 2.57 bits per heavy atom. The van der Waals surface area contributed by atoms with Crippen molar-refractivity contribution in [2.75, 3.05) is 11.1 Å². The van der Waals surface area contributed by atoms with Crippen LogP contribution in [0.15, 0.2) is 78.1 Å². The predicted molar refractivity (Wildman–Crippen MR) is 120 cm³/mol. The summed E-state index contributed by atoms with van der Waals surface area (Å²) in [5.41, 5.74) is 3.20. The maximum Gasteiger partial charge on any atom is 0.234 e. The molecule has 30 heavy (non-hydrogen) atoms. The van der Waals surface area contributed by atoms with Gasteiger partial charge in [-0.05, 0) is 42.8 Å². The van der Waals surface area contributed by atoms with E-state index < -0.39 is 0 Å². The Bertz CT molecular complexity index is 1180. The monoisotopic (exact) mass is 435 g/mol. The molecule has 0 aliphatic rings. The molecule has 150 valence electrons. The number of amides is 1. The molecule has 0 unspecified atom stereocenters. The fourth-order valence-electron chi connectivity index (χ4n) is 2.90. The molecule has 2 aromatic heterocycles. The summed E-state index contributed by atoms with van der Waals surface area (Å²) in [6, 6.07) is 20.7. The molecule has 0 atom stereocenters. The molecule has 1 N–H and O–H groups in total. The third-order valence-electron chi connectivity index (χ3n) is 4.37. The maximum atomic E-state index is 12.5. The number of anilines is 1. The van der Waals surface area contributed by atoms with Crippen LogP contribution in [0.25, 0.3) is 17.2 Å². The van der Waals surface area contributed by atoms with Crippen molar-refractivity contribution in [3.8, 4) is 17.2 Å². The van der Waals surface area contributed by atoms with E-state index in [1.54, 1.807) is 12.3 Å². The average molecular weight is 436 g/mol. The van der Waals surface area contributed by atoms with Crippen LogP contribution in [-0.2, 0) is 4.79 Å². The van der Waals surface area contributed by atoms with Crippen molar-refractivity contribution in [1.82, 2.24) is 19.7 Å². The van der Waals surface area contributed by atoms with Crippen molar-refractivity contribution in [2.24, 2.45) is 0 Å². The zero-order valence-corrected chi connectivity index (χ0v) is 17.7. The molecule has 4 aromatic rings. The molecular formula is C22H18ClN5OS. The molecule has 0 bridgehead atoms. The van der Waals surface area contributed by atoms with Gasteiger partial charge in [-0.15, -0.1) is 10.2 Å². The smallest absolute Gasteiger partial charge is 0.234 e. The number of nitrogens with one attached hydrogen (secondary N) is 1. The van der Waals surface area contributed by atoms with Gasteiger partial charge in [-0.3, -0.25) is 14.3 Å². The average Bonchev–Trinajstić information content (AvgIpc) is 3.18. The quantitative estimate of drug-likeness (QED) is 0.430. The van der Waals surface area contributed by atoms with Crippen molar-refractivity contribution < 1.29 is 4.79 Å². The first-order valence-corrected chi connectivity index (χ1v) is 10.6. The zero-order valence-electron chi connectivity index (χ0n) is 16.1. The van der Waals surface area contributed by atoms with Crippen LogP contribution in [0.5, 0.6) is 0 Å². The van der Waals surface area contributed by atoms with Crippen LogP contribution in [0, 0.1) is 6.92 Å². The molecule has 0 aliphatic carbocycles. The van der Waals surface area contributed by atoms with E-state index in [-0.39, 0.29) is 11.7 Å². The molecule has 2 aromatic carbocycles. The number of carbonyl (C=O) groups is 1. The highest BCUT2D eigenvalue weighted by atomic mass is 35.5. The minimum Gasteiger partial charge on any atom is -0.325 e. The van der Waals surface area contributed by atoms with E-state index >= 15 is 0 Å². The Labute approximate surface area is 183 Å². The molecule has 0 radical (unpaired) electrons. The number of halogens is 1. The van der Waals surface area contributed by atoms with E-state index in [1.165, 1.54) is 11.8 Å². The molecule has 1 amide bonds. The van der Waals surface area contributed by atoms with Gasteiger partial charge in [0, 0.05) is 11.9 Å². The number of rotatable bonds is 6. The van der Waals surface area contributed by atoms with Gasteiger partial charge in [-0.25, -0.2) is 0 Å². The Kier molecular flexibility index (Phi) is 6.11. The summed E-state index contributed by atoms with van der Waals surface area (Å²) in [6.07, 6.45) is 1.70. The first kappa shape index (κ1) is 20.1. The lowest BCUT2D eigenvalue weighted by molar-refractivity contribution is -0.113. The summed E-state index contributed by atoms with van der Waals surface area (Å²) >= 11 is 7.74. The van der Waals surface area contributed by atoms with Crippen molar-refractivity contribution in [2.45, 2.75) is 12.1 Å². The van der Waals surface area contributed by atoms with Crippen LogP contribution in [0.3, 0.4) is 0 Å². The second kappa shape index (κ2) is 9.11. The van der Waals surface area contributed by atoms with E-state index in [9.17, 15) is 4.79 Å². The molecule has 4 rings (SSSR count). The Morgan fingerprint density at radius 2 is 1.80 bits per heavy atom. The van der Waals surface area contributed by atoms with Crippen LogP contribution in [0.2, 0.25) is 5.02 Å². The predicted octanol–water partition coefficient (Wildman–Crippen LogP) is 5.02. The van der Waals surface area contributed by atoms with Gasteiger partial charge in [-0.1, -0.05) is 59.8 Å². The second-order valence-electron chi connectivity index (χ2n) is 6.46. The fraction of sp³-hybridized carbons (Fsp3) is 0.0909. The lowest BCUT2D eigenvalue weighted by Gasteiger charge is -2.12. The number of hydrogen-bond donors (Lipinski definition) is 1. The zero-order chi connectivity index (χ0) is 20.9.